The molecule has 1 aliphatic rings. The lowest BCUT2D eigenvalue weighted by Gasteiger charge is -2.18. The van der Waals surface area contributed by atoms with Crippen LogP contribution in [0, 0.1) is 0 Å². The van der Waals surface area contributed by atoms with Crippen LogP contribution in [0.15, 0.2) is 48.5 Å². The molecule has 0 saturated heterocycles. The topological polar surface area (TPSA) is 46.3 Å². The van der Waals surface area contributed by atoms with E-state index in [1.165, 1.54) is 5.56 Å². The Bertz CT molecular complexity index is 654. The smallest absolute Gasteiger partial charge is 0.258 e. The summed E-state index contributed by atoms with van der Waals surface area (Å²) in [5, 5.41) is 0.634. The summed E-state index contributed by atoms with van der Waals surface area (Å²) < 4.78 is 0. The first-order valence-electron chi connectivity index (χ1n) is 7.07. The molecule has 3 nitrogen and oxygen atoms in total. The molecule has 4 heteroatoms. The maximum Gasteiger partial charge on any atom is 0.258 e. The van der Waals surface area contributed by atoms with Crippen LogP contribution in [0.3, 0.4) is 0 Å². The molecule has 2 aromatic carbocycles. The molecule has 2 N–H and O–H groups in total. The van der Waals surface area contributed by atoms with Crippen molar-refractivity contribution in [3.63, 3.8) is 0 Å². The zero-order chi connectivity index (χ0) is 14.8. The predicted octanol–water partition coefficient (Wildman–Crippen LogP) is 3.43. The number of benzene rings is 2. The number of nitrogens with two attached hydrogens (primary N) is 1. The van der Waals surface area contributed by atoms with Gasteiger partial charge in [-0.2, -0.15) is 0 Å². The van der Waals surface area contributed by atoms with Gasteiger partial charge in [0.15, 0.2) is 0 Å². The van der Waals surface area contributed by atoms with Gasteiger partial charge in [0.25, 0.3) is 5.91 Å². The van der Waals surface area contributed by atoms with E-state index >= 15 is 0 Å². The molecular weight excluding hydrogens is 284 g/mol. The second-order valence-electron chi connectivity index (χ2n) is 5.26. The third kappa shape index (κ3) is 2.67. The minimum Gasteiger partial charge on any atom is -0.330 e. The predicted molar refractivity (Wildman–Crippen MR) is 86.0 cm³/mol. The van der Waals surface area contributed by atoms with E-state index in [4.69, 9.17) is 17.3 Å². The number of nitrogens with zero attached hydrogens (tertiary/aromatic N) is 1. The number of carbonyl (C=O) groups excluding carboxylic acids is 1. The molecule has 1 atom stereocenters. The summed E-state index contributed by atoms with van der Waals surface area (Å²) >= 11 is 5.88. The normalized spacial score (nSPS) is 16.9. The lowest BCUT2D eigenvalue weighted by Crippen LogP contribution is -2.30. The fraction of sp³-hybridized carbons (Fsp3) is 0.235. The fourth-order valence-electron chi connectivity index (χ4n) is 2.88. The molecule has 2 aromatic rings. The lowest BCUT2D eigenvalue weighted by molar-refractivity contribution is 0.0988. The molecule has 1 heterocycles. The van der Waals surface area contributed by atoms with Crippen LogP contribution in [0.5, 0.6) is 0 Å². The van der Waals surface area contributed by atoms with Gasteiger partial charge < -0.3 is 10.6 Å². The molecule has 0 saturated carbocycles. The molecule has 3 rings (SSSR count). The molecule has 0 aliphatic carbocycles. The molecule has 21 heavy (non-hydrogen) atoms. The van der Waals surface area contributed by atoms with E-state index in [1.807, 2.05) is 23.1 Å². The standard InChI is InChI=1S/C17H17ClN2O/c18-14-7-5-12(6-8-14)17(21)20-11-13(9-10-19)15-3-1-2-4-16(15)20/h1-8,13H,9-11,19H2. The van der Waals surface area contributed by atoms with Crippen molar-refractivity contribution in [1.29, 1.82) is 0 Å². The third-order valence-corrected chi connectivity index (χ3v) is 4.17. The largest absolute Gasteiger partial charge is 0.330 e. The Labute approximate surface area is 129 Å². The van der Waals surface area contributed by atoms with Gasteiger partial charge in [-0.3, -0.25) is 4.79 Å². The van der Waals surface area contributed by atoms with E-state index in [0.717, 1.165) is 12.1 Å². The highest BCUT2D eigenvalue weighted by molar-refractivity contribution is 6.30. The van der Waals surface area contributed by atoms with Gasteiger partial charge in [0, 0.05) is 28.7 Å². The number of rotatable bonds is 3. The monoisotopic (exact) mass is 300 g/mol. The summed E-state index contributed by atoms with van der Waals surface area (Å²) in [6.45, 7) is 1.32. The summed E-state index contributed by atoms with van der Waals surface area (Å²) in [6.07, 6.45) is 0.890. The maximum atomic E-state index is 12.7. The number of carbonyl (C=O) groups is 1. The number of halogens is 1. The maximum absolute atomic E-state index is 12.7. The first-order chi connectivity index (χ1) is 10.2. The van der Waals surface area contributed by atoms with Crippen LogP contribution >= 0.6 is 11.6 Å². The molecule has 1 unspecified atom stereocenters. The average Bonchev–Trinajstić information content (AvgIpc) is 2.87. The molecule has 0 spiro atoms. The number of anilines is 1. The van der Waals surface area contributed by atoms with Crippen LogP contribution < -0.4 is 10.6 Å². The van der Waals surface area contributed by atoms with Gasteiger partial charge in [0.05, 0.1) is 0 Å². The van der Waals surface area contributed by atoms with Crippen molar-refractivity contribution in [3.8, 4) is 0 Å². The van der Waals surface area contributed by atoms with Crippen LogP contribution in [0.25, 0.3) is 0 Å². The summed E-state index contributed by atoms with van der Waals surface area (Å²) in [5.41, 5.74) is 8.56. The van der Waals surface area contributed by atoms with Gasteiger partial charge >= 0.3 is 0 Å². The third-order valence-electron chi connectivity index (χ3n) is 3.92. The number of hydrogen-bond acceptors (Lipinski definition) is 2. The van der Waals surface area contributed by atoms with Crippen molar-refractivity contribution in [3.05, 3.63) is 64.7 Å². The van der Waals surface area contributed by atoms with Crippen molar-refractivity contribution < 1.29 is 4.79 Å². The number of amides is 1. The second kappa shape index (κ2) is 5.88. The van der Waals surface area contributed by atoms with E-state index in [2.05, 4.69) is 6.07 Å². The van der Waals surface area contributed by atoms with Gasteiger partial charge in [0.2, 0.25) is 0 Å². The van der Waals surface area contributed by atoms with Crippen molar-refractivity contribution in [1.82, 2.24) is 0 Å². The van der Waals surface area contributed by atoms with E-state index < -0.39 is 0 Å². The van der Waals surface area contributed by atoms with Crippen molar-refractivity contribution in [2.24, 2.45) is 5.73 Å². The minimum atomic E-state index is 0.0126. The van der Waals surface area contributed by atoms with E-state index in [9.17, 15) is 4.79 Å². The second-order valence-corrected chi connectivity index (χ2v) is 5.69. The number of para-hydroxylation sites is 1. The molecule has 0 aromatic heterocycles. The first-order valence-corrected chi connectivity index (χ1v) is 7.45. The Kier molecular flexibility index (Phi) is 3.95. The average molecular weight is 301 g/mol. The Hall–Kier alpha value is -1.84. The Balaban J connectivity index is 1.92. The molecule has 108 valence electrons. The summed E-state index contributed by atoms with van der Waals surface area (Å²) in [4.78, 5) is 14.6. The minimum absolute atomic E-state index is 0.0126. The van der Waals surface area contributed by atoms with Gasteiger partial charge in [-0.15, -0.1) is 0 Å². The molecule has 1 amide bonds. The van der Waals surface area contributed by atoms with Gasteiger partial charge in [0.1, 0.15) is 0 Å². The SMILES string of the molecule is NCCC1CN(C(=O)c2ccc(Cl)cc2)c2ccccc21. The van der Waals surface area contributed by atoms with Crippen molar-refractivity contribution in [2.45, 2.75) is 12.3 Å². The highest BCUT2D eigenvalue weighted by Crippen LogP contribution is 2.38. The quantitative estimate of drug-likeness (QED) is 0.944. The first kappa shape index (κ1) is 14.1. The summed E-state index contributed by atoms with van der Waals surface area (Å²) in [6, 6.07) is 15.1. The number of fused-ring (bicyclic) bond motifs is 1. The zero-order valence-corrected chi connectivity index (χ0v) is 12.4. The van der Waals surface area contributed by atoms with Crippen LogP contribution in [-0.2, 0) is 0 Å². The van der Waals surface area contributed by atoms with Gasteiger partial charge in [-0.05, 0) is 48.9 Å². The highest BCUT2D eigenvalue weighted by atomic mass is 35.5. The summed E-state index contributed by atoms with van der Waals surface area (Å²) in [7, 11) is 0. The molecule has 0 bridgehead atoms. The lowest BCUT2D eigenvalue weighted by atomic mass is 9.98. The Morgan fingerprint density at radius 3 is 2.62 bits per heavy atom. The van der Waals surface area contributed by atoms with Crippen LogP contribution in [0.4, 0.5) is 5.69 Å². The van der Waals surface area contributed by atoms with Crippen LogP contribution in [0.1, 0.15) is 28.3 Å². The van der Waals surface area contributed by atoms with E-state index in [0.29, 0.717) is 29.6 Å². The van der Waals surface area contributed by atoms with Crippen molar-refractivity contribution >= 4 is 23.2 Å². The van der Waals surface area contributed by atoms with Gasteiger partial charge in [-0.25, -0.2) is 0 Å². The molecule has 1 aliphatic heterocycles. The van der Waals surface area contributed by atoms with Crippen LogP contribution in [-0.4, -0.2) is 19.0 Å². The van der Waals surface area contributed by atoms with E-state index in [1.54, 1.807) is 24.3 Å². The summed E-state index contributed by atoms with van der Waals surface area (Å²) in [5.74, 6) is 0.334. The molecule has 0 radical (unpaired) electrons. The number of hydrogen-bond donors (Lipinski definition) is 1. The Morgan fingerprint density at radius 2 is 1.90 bits per heavy atom. The molecular formula is C17H17ClN2O. The van der Waals surface area contributed by atoms with Gasteiger partial charge in [-0.1, -0.05) is 29.8 Å². The van der Waals surface area contributed by atoms with Crippen molar-refractivity contribution in [2.75, 3.05) is 18.0 Å². The zero-order valence-electron chi connectivity index (χ0n) is 11.6. The molecule has 0 fully saturated rings. The Morgan fingerprint density at radius 1 is 1.19 bits per heavy atom. The fourth-order valence-corrected chi connectivity index (χ4v) is 3.01. The van der Waals surface area contributed by atoms with Crippen LogP contribution in [0.2, 0.25) is 5.02 Å². The van der Waals surface area contributed by atoms with E-state index in [-0.39, 0.29) is 5.91 Å². The highest BCUT2D eigenvalue weighted by Gasteiger charge is 2.31.